The van der Waals surface area contributed by atoms with Crippen molar-refractivity contribution in [3.8, 4) is 5.75 Å². The topological polar surface area (TPSA) is 35.2 Å². The molecule has 2 rings (SSSR count). The van der Waals surface area contributed by atoms with Crippen LogP contribution in [0.15, 0.2) is 29.6 Å². The molecule has 2 N–H and O–H groups in total. The summed E-state index contributed by atoms with van der Waals surface area (Å²) in [6.45, 7) is 5.80. The van der Waals surface area contributed by atoms with Gasteiger partial charge in [0.15, 0.2) is 0 Å². The smallest absolute Gasteiger partial charge is 0.148 e. The third-order valence-electron chi connectivity index (χ3n) is 3.43. The Kier molecular flexibility index (Phi) is 4.78. The van der Waals surface area contributed by atoms with Crippen LogP contribution in [0.3, 0.4) is 0 Å². The van der Waals surface area contributed by atoms with E-state index in [-0.39, 0.29) is 18.0 Å². The van der Waals surface area contributed by atoms with Gasteiger partial charge >= 0.3 is 0 Å². The van der Waals surface area contributed by atoms with E-state index < -0.39 is 0 Å². The molecule has 1 aromatic carbocycles. The highest BCUT2D eigenvalue weighted by atomic mass is 32.1. The van der Waals surface area contributed by atoms with Crippen molar-refractivity contribution >= 4 is 11.3 Å². The fourth-order valence-electron chi connectivity index (χ4n) is 2.02. The SMILES string of the molecule is CCC(N)C(Oc1ccc(C)c(F)c1)c1sccc1C. The Morgan fingerprint density at radius 1 is 1.25 bits per heavy atom. The number of rotatable bonds is 5. The number of ether oxygens (including phenoxy) is 1. The molecule has 108 valence electrons. The van der Waals surface area contributed by atoms with Gasteiger partial charge in [0.05, 0.1) is 0 Å². The number of thiophene rings is 1. The summed E-state index contributed by atoms with van der Waals surface area (Å²) in [6.07, 6.45) is 0.568. The molecule has 0 aliphatic carbocycles. The summed E-state index contributed by atoms with van der Waals surface area (Å²) in [4.78, 5) is 1.11. The lowest BCUT2D eigenvalue weighted by molar-refractivity contribution is 0.173. The minimum absolute atomic E-state index is 0.114. The van der Waals surface area contributed by atoms with Crippen LogP contribution < -0.4 is 10.5 Å². The van der Waals surface area contributed by atoms with Gasteiger partial charge in [-0.25, -0.2) is 4.39 Å². The second-order valence-corrected chi connectivity index (χ2v) is 5.94. The average molecular weight is 293 g/mol. The highest BCUT2D eigenvalue weighted by Crippen LogP contribution is 2.31. The van der Waals surface area contributed by atoms with Crippen molar-refractivity contribution < 1.29 is 9.13 Å². The molecule has 1 heterocycles. The summed E-state index contributed by atoms with van der Waals surface area (Å²) in [5, 5.41) is 2.03. The van der Waals surface area contributed by atoms with Crippen molar-refractivity contribution in [3.05, 3.63) is 51.5 Å². The molecule has 1 aromatic heterocycles. The molecular weight excluding hydrogens is 273 g/mol. The fraction of sp³-hybridized carbons (Fsp3) is 0.375. The maximum atomic E-state index is 13.6. The first-order valence-corrected chi connectivity index (χ1v) is 7.63. The Morgan fingerprint density at radius 2 is 2.00 bits per heavy atom. The minimum atomic E-state index is -0.255. The number of hydrogen-bond donors (Lipinski definition) is 1. The van der Waals surface area contributed by atoms with Gasteiger partial charge in [-0.05, 0) is 48.9 Å². The van der Waals surface area contributed by atoms with Crippen LogP contribution in [0.5, 0.6) is 5.75 Å². The average Bonchev–Trinajstić information content (AvgIpc) is 2.85. The van der Waals surface area contributed by atoms with E-state index in [1.54, 1.807) is 30.4 Å². The van der Waals surface area contributed by atoms with Crippen LogP contribution in [0, 0.1) is 19.7 Å². The first-order chi connectivity index (χ1) is 9.52. The predicted octanol–water partition coefficient (Wildman–Crippen LogP) is 4.36. The minimum Gasteiger partial charge on any atom is -0.483 e. The summed E-state index contributed by atoms with van der Waals surface area (Å²) < 4.78 is 19.6. The van der Waals surface area contributed by atoms with Gasteiger partial charge in [-0.3, -0.25) is 0 Å². The van der Waals surface area contributed by atoms with E-state index in [0.29, 0.717) is 11.3 Å². The summed E-state index contributed by atoms with van der Waals surface area (Å²) in [5.41, 5.74) is 7.96. The van der Waals surface area contributed by atoms with Crippen molar-refractivity contribution in [2.24, 2.45) is 5.73 Å². The lowest BCUT2D eigenvalue weighted by Crippen LogP contribution is -2.31. The summed E-state index contributed by atoms with van der Waals surface area (Å²) in [7, 11) is 0. The van der Waals surface area contributed by atoms with Crippen LogP contribution >= 0.6 is 11.3 Å². The van der Waals surface area contributed by atoms with Gasteiger partial charge < -0.3 is 10.5 Å². The van der Waals surface area contributed by atoms with Gasteiger partial charge in [0.1, 0.15) is 17.7 Å². The number of nitrogens with two attached hydrogens (primary N) is 1. The van der Waals surface area contributed by atoms with Gasteiger partial charge in [0.2, 0.25) is 0 Å². The molecule has 2 atom stereocenters. The normalized spacial score (nSPS) is 14.1. The van der Waals surface area contributed by atoms with Gasteiger partial charge in [-0.1, -0.05) is 13.0 Å². The third kappa shape index (κ3) is 3.19. The standard InChI is InChI=1S/C16H20FNOS/c1-4-14(18)15(16-11(3)7-8-20-16)19-12-6-5-10(2)13(17)9-12/h5-9,14-15H,4,18H2,1-3H3. The molecule has 0 spiro atoms. The van der Waals surface area contributed by atoms with E-state index in [2.05, 4.69) is 6.07 Å². The molecule has 0 aliphatic rings. The zero-order chi connectivity index (χ0) is 14.7. The molecule has 2 aromatic rings. The fourth-order valence-corrected chi connectivity index (χ4v) is 3.05. The van der Waals surface area contributed by atoms with Gasteiger partial charge in [0, 0.05) is 17.0 Å². The Labute approximate surface area is 123 Å². The van der Waals surface area contributed by atoms with Gasteiger partial charge in [-0.15, -0.1) is 11.3 Å². The third-order valence-corrected chi connectivity index (χ3v) is 4.51. The molecule has 0 saturated carbocycles. The molecule has 2 nitrogen and oxygen atoms in total. The lowest BCUT2D eigenvalue weighted by Gasteiger charge is -2.24. The van der Waals surface area contributed by atoms with Crippen LogP contribution in [-0.4, -0.2) is 6.04 Å². The molecule has 0 bridgehead atoms. The van der Waals surface area contributed by atoms with E-state index >= 15 is 0 Å². The Balaban J connectivity index is 2.28. The van der Waals surface area contributed by atoms with Crippen molar-refractivity contribution in [3.63, 3.8) is 0 Å². The van der Waals surface area contributed by atoms with Crippen molar-refractivity contribution in [2.45, 2.75) is 39.3 Å². The quantitative estimate of drug-likeness (QED) is 0.889. The predicted molar refractivity (Wildman–Crippen MR) is 81.8 cm³/mol. The lowest BCUT2D eigenvalue weighted by atomic mass is 10.1. The van der Waals surface area contributed by atoms with E-state index in [9.17, 15) is 4.39 Å². The van der Waals surface area contributed by atoms with Crippen molar-refractivity contribution in [1.29, 1.82) is 0 Å². The van der Waals surface area contributed by atoms with Crippen LogP contribution in [-0.2, 0) is 0 Å². The van der Waals surface area contributed by atoms with Crippen LogP contribution in [0.1, 0.15) is 35.5 Å². The second-order valence-electron chi connectivity index (χ2n) is 4.99. The molecule has 0 saturated heterocycles. The number of benzene rings is 1. The van der Waals surface area contributed by atoms with Crippen LogP contribution in [0.2, 0.25) is 0 Å². The van der Waals surface area contributed by atoms with Gasteiger partial charge in [0.25, 0.3) is 0 Å². The molecule has 4 heteroatoms. The second kappa shape index (κ2) is 6.37. The Hall–Kier alpha value is -1.39. The number of aryl methyl sites for hydroxylation is 2. The largest absolute Gasteiger partial charge is 0.483 e. The number of halogens is 1. The highest BCUT2D eigenvalue weighted by Gasteiger charge is 2.23. The van der Waals surface area contributed by atoms with Crippen molar-refractivity contribution in [2.75, 3.05) is 0 Å². The molecule has 20 heavy (non-hydrogen) atoms. The monoisotopic (exact) mass is 293 g/mol. The van der Waals surface area contributed by atoms with Crippen LogP contribution in [0.25, 0.3) is 0 Å². The van der Waals surface area contributed by atoms with Crippen molar-refractivity contribution in [1.82, 2.24) is 0 Å². The number of hydrogen-bond acceptors (Lipinski definition) is 3. The summed E-state index contributed by atoms with van der Waals surface area (Å²) in [6, 6.07) is 6.87. The molecule has 0 aliphatic heterocycles. The maximum absolute atomic E-state index is 13.6. The highest BCUT2D eigenvalue weighted by molar-refractivity contribution is 7.10. The molecular formula is C16H20FNOS. The Morgan fingerprint density at radius 3 is 2.55 bits per heavy atom. The summed E-state index contributed by atoms with van der Waals surface area (Å²) in [5.74, 6) is 0.268. The first kappa shape index (κ1) is 15.0. The summed E-state index contributed by atoms with van der Waals surface area (Å²) >= 11 is 1.63. The zero-order valence-electron chi connectivity index (χ0n) is 12.0. The van der Waals surface area contributed by atoms with Crippen LogP contribution in [0.4, 0.5) is 4.39 Å². The Bertz CT molecular complexity index is 582. The molecule has 0 fully saturated rings. The van der Waals surface area contributed by atoms with Gasteiger partial charge in [-0.2, -0.15) is 0 Å². The molecule has 2 unspecified atom stereocenters. The van der Waals surface area contributed by atoms with E-state index in [1.165, 1.54) is 6.07 Å². The van der Waals surface area contributed by atoms with E-state index in [1.807, 2.05) is 19.2 Å². The first-order valence-electron chi connectivity index (χ1n) is 6.75. The zero-order valence-corrected chi connectivity index (χ0v) is 12.8. The molecule has 0 radical (unpaired) electrons. The van der Waals surface area contributed by atoms with E-state index in [4.69, 9.17) is 10.5 Å². The van der Waals surface area contributed by atoms with E-state index in [0.717, 1.165) is 16.9 Å². The molecule has 0 amide bonds. The maximum Gasteiger partial charge on any atom is 0.148 e.